The van der Waals surface area contributed by atoms with Crippen molar-refractivity contribution in [3.05, 3.63) is 64.3 Å². The molecule has 0 spiro atoms. The zero-order valence-corrected chi connectivity index (χ0v) is 14.4. The van der Waals surface area contributed by atoms with Crippen LogP contribution in [0, 0.1) is 11.3 Å². The Morgan fingerprint density at radius 3 is 2.61 bits per heavy atom. The zero-order chi connectivity index (χ0) is 16.4. The molecule has 0 fully saturated rings. The summed E-state index contributed by atoms with van der Waals surface area (Å²) in [4.78, 5) is 26.3. The number of thiophene rings is 2. The summed E-state index contributed by atoms with van der Waals surface area (Å²) < 4.78 is 2.27. The van der Waals surface area contributed by atoms with E-state index in [2.05, 4.69) is 0 Å². The lowest BCUT2D eigenvalue weighted by Gasteiger charge is -1.95. The van der Waals surface area contributed by atoms with Crippen LogP contribution in [0.4, 0.5) is 0 Å². The third-order valence-corrected chi connectivity index (χ3v) is 6.01. The van der Waals surface area contributed by atoms with Crippen molar-refractivity contribution in [2.45, 2.75) is 0 Å². The van der Waals surface area contributed by atoms with E-state index in [0.29, 0.717) is 14.1 Å². The van der Waals surface area contributed by atoms with Crippen LogP contribution < -0.4 is 14.8 Å². The molecule has 114 valence electrons. The molecule has 0 radical (unpaired) electrons. The van der Waals surface area contributed by atoms with E-state index in [9.17, 15) is 14.9 Å². The van der Waals surface area contributed by atoms with Gasteiger partial charge in [0.05, 0.1) is 9.41 Å². The minimum atomic E-state index is -0.345. The second-order valence-electron chi connectivity index (χ2n) is 4.59. The molecule has 0 aliphatic rings. The van der Waals surface area contributed by atoms with E-state index in [1.54, 1.807) is 30.6 Å². The molecule has 0 N–H and O–H groups in total. The first-order valence-corrected chi connectivity index (χ1v) is 9.13. The summed E-state index contributed by atoms with van der Waals surface area (Å²) in [5.41, 5.74) is -0.201. The van der Waals surface area contributed by atoms with Gasteiger partial charge in [-0.1, -0.05) is 12.1 Å². The van der Waals surface area contributed by atoms with Crippen LogP contribution in [-0.4, -0.2) is 10.4 Å². The monoisotopic (exact) mass is 358 g/mol. The third-order valence-electron chi connectivity index (χ3n) is 3.14. The SMILES string of the molecule is Cn1c(=O)/c(=C/c2cccs2)s/c1=C(/C#N)C(=O)c1cccs1. The van der Waals surface area contributed by atoms with Crippen molar-refractivity contribution in [2.24, 2.45) is 7.05 Å². The number of hydrogen-bond acceptors (Lipinski definition) is 6. The molecule has 3 rings (SSSR count). The fraction of sp³-hybridized carbons (Fsp3) is 0.0625. The van der Waals surface area contributed by atoms with Crippen LogP contribution in [0.15, 0.2) is 39.8 Å². The van der Waals surface area contributed by atoms with Gasteiger partial charge in [-0.15, -0.1) is 34.0 Å². The van der Waals surface area contributed by atoms with Crippen LogP contribution in [0.1, 0.15) is 14.5 Å². The highest BCUT2D eigenvalue weighted by molar-refractivity contribution is 7.13. The maximum atomic E-state index is 12.5. The number of nitrogens with zero attached hydrogens (tertiary/aromatic N) is 2. The third kappa shape index (κ3) is 2.97. The van der Waals surface area contributed by atoms with Crippen LogP contribution in [-0.2, 0) is 7.05 Å². The summed E-state index contributed by atoms with van der Waals surface area (Å²) in [5, 5.41) is 13.1. The van der Waals surface area contributed by atoms with Gasteiger partial charge in [0.1, 0.15) is 16.3 Å². The molecular weight excluding hydrogens is 348 g/mol. The van der Waals surface area contributed by atoms with E-state index in [4.69, 9.17) is 0 Å². The first kappa shape index (κ1) is 15.6. The topological polar surface area (TPSA) is 62.9 Å². The van der Waals surface area contributed by atoms with E-state index in [0.717, 1.165) is 4.88 Å². The Morgan fingerprint density at radius 2 is 2.00 bits per heavy atom. The van der Waals surface area contributed by atoms with Gasteiger partial charge in [0.2, 0.25) is 5.78 Å². The van der Waals surface area contributed by atoms with Crippen LogP contribution >= 0.6 is 34.0 Å². The molecule has 3 heterocycles. The Labute approximate surface area is 143 Å². The van der Waals surface area contributed by atoms with Crippen molar-refractivity contribution in [3.8, 4) is 6.07 Å². The maximum Gasteiger partial charge on any atom is 0.268 e. The Kier molecular flexibility index (Phi) is 4.39. The van der Waals surface area contributed by atoms with Crippen molar-refractivity contribution in [1.29, 1.82) is 5.26 Å². The van der Waals surface area contributed by atoms with Gasteiger partial charge in [0.15, 0.2) is 0 Å². The number of Topliss-reactive ketones (excluding diaryl/α,β-unsaturated/α-hetero) is 1. The highest BCUT2D eigenvalue weighted by Gasteiger charge is 2.17. The zero-order valence-electron chi connectivity index (χ0n) is 12.0. The summed E-state index contributed by atoms with van der Waals surface area (Å²) in [6, 6.07) is 9.21. The highest BCUT2D eigenvalue weighted by Crippen LogP contribution is 2.14. The molecule has 0 aliphatic heterocycles. The van der Waals surface area contributed by atoms with Crippen molar-refractivity contribution >= 4 is 51.4 Å². The van der Waals surface area contributed by atoms with Gasteiger partial charge in [-0.2, -0.15) is 5.26 Å². The number of hydrogen-bond donors (Lipinski definition) is 0. The normalized spacial score (nSPS) is 13.0. The summed E-state index contributed by atoms with van der Waals surface area (Å²) in [6.07, 6.45) is 1.78. The number of ketones is 1. The lowest BCUT2D eigenvalue weighted by Crippen LogP contribution is -2.30. The second-order valence-corrected chi connectivity index (χ2v) is 7.55. The van der Waals surface area contributed by atoms with Crippen molar-refractivity contribution in [2.75, 3.05) is 0 Å². The van der Waals surface area contributed by atoms with Crippen LogP contribution in [0.5, 0.6) is 0 Å². The standard InChI is InChI=1S/C16H10N2O2S3/c1-18-15(20)13(8-10-4-2-6-21-10)23-16(18)11(9-17)14(19)12-5-3-7-22-12/h2-8H,1H3/b13-8-,16-11-. The largest absolute Gasteiger partial charge is 0.301 e. The molecule has 3 aromatic heterocycles. The number of carbonyl (C=O) groups is 1. The van der Waals surface area contributed by atoms with Crippen molar-refractivity contribution in [3.63, 3.8) is 0 Å². The van der Waals surface area contributed by atoms with E-state index in [1.807, 2.05) is 23.6 Å². The Morgan fingerprint density at radius 1 is 1.26 bits per heavy atom. The second kappa shape index (κ2) is 6.46. The van der Waals surface area contributed by atoms with Gasteiger partial charge >= 0.3 is 0 Å². The molecule has 0 unspecified atom stereocenters. The lowest BCUT2D eigenvalue weighted by molar-refractivity contribution is 0.106. The average molecular weight is 358 g/mol. The molecule has 3 aromatic rings. The molecule has 4 nitrogen and oxygen atoms in total. The minimum absolute atomic E-state index is 0.00267. The van der Waals surface area contributed by atoms with Crippen molar-refractivity contribution < 1.29 is 4.79 Å². The molecule has 0 bridgehead atoms. The summed E-state index contributed by atoms with van der Waals surface area (Å²) >= 11 is 3.97. The van der Waals surface area contributed by atoms with Gasteiger partial charge in [0.25, 0.3) is 5.56 Å². The number of rotatable bonds is 3. The van der Waals surface area contributed by atoms with Gasteiger partial charge in [-0.05, 0) is 29.0 Å². The number of thiazole rings is 1. The van der Waals surface area contributed by atoms with E-state index in [-0.39, 0.29) is 16.9 Å². The predicted molar refractivity (Wildman–Crippen MR) is 94.4 cm³/mol. The molecular formula is C16H10N2O2S3. The lowest BCUT2D eigenvalue weighted by atomic mass is 10.2. The number of aromatic nitrogens is 1. The minimum Gasteiger partial charge on any atom is -0.301 e. The molecule has 0 aliphatic carbocycles. The first-order valence-electron chi connectivity index (χ1n) is 6.55. The predicted octanol–water partition coefficient (Wildman–Crippen LogP) is 1.96. The Balaban J connectivity index is 2.25. The van der Waals surface area contributed by atoms with Crippen LogP contribution in [0.25, 0.3) is 11.6 Å². The molecule has 7 heteroatoms. The smallest absolute Gasteiger partial charge is 0.268 e. The maximum absolute atomic E-state index is 12.5. The quantitative estimate of drug-likeness (QED) is 0.673. The summed E-state index contributed by atoms with van der Waals surface area (Å²) in [7, 11) is 1.58. The molecule has 0 atom stereocenters. The molecule has 0 amide bonds. The van der Waals surface area contributed by atoms with E-state index in [1.165, 1.54) is 38.6 Å². The Hall–Kier alpha value is -2.27. The molecule has 0 aromatic carbocycles. The molecule has 0 saturated heterocycles. The van der Waals surface area contributed by atoms with Crippen LogP contribution in [0.3, 0.4) is 0 Å². The highest BCUT2D eigenvalue weighted by atomic mass is 32.1. The average Bonchev–Trinajstić information content (AvgIpc) is 3.28. The number of carbonyl (C=O) groups excluding carboxylic acids is 1. The van der Waals surface area contributed by atoms with Gasteiger partial charge in [-0.25, -0.2) is 0 Å². The first-order chi connectivity index (χ1) is 11.1. The molecule has 23 heavy (non-hydrogen) atoms. The fourth-order valence-electron chi connectivity index (χ4n) is 2.01. The van der Waals surface area contributed by atoms with Crippen LogP contribution in [0.2, 0.25) is 0 Å². The van der Waals surface area contributed by atoms with Gasteiger partial charge < -0.3 is 4.57 Å². The van der Waals surface area contributed by atoms with E-state index < -0.39 is 0 Å². The fourth-order valence-corrected chi connectivity index (χ4v) is 4.49. The Bertz CT molecular complexity index is 1060. The van der Waals surface area contributed by atoms with Crippen molar-refractivity contribution in [1.82, 2.24) is 4.57 Å². The number of nitriles is 1. The van der Waals surface area contributed by atoms with Gasteiger partial charge in [0, 0.05) is 11.9 Å². The van der Waals surface area contributed by atoms with E-state index >= 15 is 0 Å². The summed E-state index contributed by atoms with van der Waals surface area (Å²) in [5.74, 6) is -0.345. The summed E-state index contributed by atoms with van der Waals surface area (Å²) in [6.45, 7) is 0. The molecule has 0 saturated carbocycles. The van der Waals surface area contributed by atoms with Gasteiger partial charge in [-0.3, -0.25) is 9.59 Å².